The molecule has 0 amide bonds. The van der Waals surface area contributed by atoms with Gasteiger partial charge in [0.25, 0.3) is 0 Å². The zero-order chi connectivity index (χ0) is 100. The molecule has 0 atom stereocenters. The smallest absolute Gasteiger partial charge is 0.162 e. The summed E-state index contributed by atoms with van der Waals surface area (Å²) in [5, 5.41) is 41.5. The first-order valence-corrected chi connectivity index (χ1v) is 51.2. The van der Waals surface area contributed by atoms with Crippen LogP contribution in [0.4, 0.5) is 0 Å². The van der Waals surface area contributed by atoms with Gasteiger partial charge in [-0.3, -0.25) is 39.1 Å². The Balaban J connectivity index is 0.000000292. The third kappa shape index (κ3) is 40.0. The summed E-state index contributed by atoms with van der Waals surface area (Å²) >= 11 is 0. The molecule has 12 aromatic rings. The van der Waals surface area contributed by atoms with E-state index in [-0.39, 0.29) is 150 Å². The molecule has 0 spiro atoms. The fourth-order valence-corrected chi connectivity index (χ4v) is 19.0. The van der Waals surface area contributed by atoms with E-state index < -0.39 is 0 Å². The summed E-state index contributed by atoms with van der Waals surface area (Å²) in [5.41, 5.74) is 28.5. The third-order valence-electron chi connectivity index (χ3n) is 26.4. The van der Waals surface area contributed by atoms with E-state index in [1.807, 2.05) is 83.1 Å². The number of fused-ring (bicyclic) bond motifs is 4. The van der Waals surface area contributed by atoms with Crippen LogP contribution in [0.2, 0.25) is 0 Å². The number of benzene rings is 8. The number of aromatic nitrogens is 4. The zero-order valence-electron chi connectivity index (χ0n) is 88.3. The van der Waals surface area contributed by atoms with Crippen molar-refractivity contribution in [3.8, 4) is 45.0 Å². The van der Waals surface area contributed by atoms with E-state index in [2.05, 4.69) is 250 Å². The van der Waals surface area contributed by atoms with Gasteiger partial charge < -0.3 is 20.4 Å². The molecule has 768 valence electrons. The Hall–Kier alpha value is -9.16. The van der Waals surface area contributed by atoms with Crippen molar-refractivity contribution >= 4 is 66.7 Å². The molecule has 4 fully saturated rings. The van der Waals surface area contributed by atoms with Crippen molar-refractivity contribution in [1.29, 1.82) is 0 Å². The Labute approximate surface area is 905 Å². The monoisotopic (exact) mass is 2630 g/mol. The van der Waals surface area contributed by atoms with E-state index in [1.165, 1.54) is 229 Å². The van der Waals surface area contributed by atoms with Crippen LogP contribution in [0.15, 0.2) is 217 Å². The molecule has 12 nitrogen and oxygen atoms in total. The first-order chi connectivity index (χ1) is 65.8. The molecule has 4 heterocycles. The number of allylic oxidation sites excluding steroid dienone is 8. The van der Waals surface area contributed by atoms with Gasteiger partial charge in [-0.1, -0.05) is 287 Å². The maximum Gasteiger partial charge on any atom is 0.162 e. The fourth-order valence-electron chi connectivity index (χ4n) is 19.0. The minimum absolute atomic E-state index is 0. The maximum atomic E-state index is 11.7. The number of hydrogen-bond acceptors (Lipinski definition) is 12. The first-order valence-electron chi connectivity index (χ1n) is 51.2. The molecule has 0 saturated heterocycles. The Bertz CT molecular complexity index is 5520. The quantitative estimate of drug-likeness (QED) is 0.0254. The summed E-state index contributed by atoms with van der Waals surface area (Å²) in [5.74, 6) is 4.56. The van der Waals surface area contributed by atoms with E-state index in [1.54, 1.807) is 0 Å². The SMILES string of the molecule is CC(=O)C=C(C)O.CC(C)C(=O)C=C(O)C(C)C.CC(C)CC(=O)C=C(O)CC(C)C.CCC(CC)C(=O)C=C(O)C(CC)CC.Cc1[c-]c(-c2ccc3ccc(C4CCCC4)cc3n2)cc(C)c1.Cc1[c-]c(-c2ccc3ccc(C4CCCC4)cc3n2)cc(C)c1.Cc1[c-]c(-c2ccc3ccc(C4CCCC4)cc3n2)cc(C)c1.Cc1[c-]c(-c2ccc3ccc(C4CCCC4)cc3n2)cc(C)c1.[Ir].[Ir].[Ir].[Ir]. The minimum atomic E-state index is -0.125. The largest absolute Gasteiger partial charge is 0.512 e. The number of carbonyl (C=O) groups is 4. The third-order valence-corrected chi connectivity index (χ3v) is 26.4. The van der Waals surface area contributed by atoms with Gasteiger partial charge in [0.05, 0.1) is 45.1 Å². The summed E-state index contributed by atoms with van der Waals surface area (Å²) in [7, 11) is 0. The maximum absolute atomic E-state index is 11.7. The zero-order valence-corrected chi connectivity index (χ0v) is 97.9. The van der Waals surface area contributed by atoms with E-state index >= 15 is 0 Å². The molecule has 142 heavy (non-hydrogen) atoms. The van der Waals surface area contributed by atoms with Crippen LogP contribution in [-0.2, 0) is 99.6 Å². The second-order valence-corrected chi connectivity index (χ2v) is 40.5. The number of nitrogens with zero attached hydrogens (tertiary/aromatic N) is 4. The van der Waals surface area contributed by atoms with Crippen LogP contribution in [0.1, 0.15) is 329 Å². The molecule has 8 aromatic carbocycles. The number of aliphatic hydroxyl groups is 4. The predicted molar refractivity (Wildman–Crippen MR) is 578 cm³/mol. The van der Waals surface area contributed by atoms with E-state index in [4.69, 9.17) is 25.0 Å². The summed E-state index contributed by atoms with van der Waals surface area (Å²) in [4.78, 5) is 63.7. The van der Waals surface area contributed by atoms with Crippen molar-refractivity contribution < 1.29 is 120 Å². The standard InChI is InChI=1S/4C22H22N.C13H24O2.C11H20O2.C9H16O2.C5H8O2.4Ir/c4*1-15-11-16(2)13-20(12-15)21-10-9-18-7-8-19(14-22(18)23-21)17-5-3-4-6-17;1-5-10(6-2)12(14)9-13(15)11(7-3)8-4;1-8(2)5-10(12)7-11(13)6-9(3)4;1-6(2)8(10)5-9(11)7(3)4;1-4(6)3-5(2)7;;;;/h4*7-12,14,17H,3-6H2,1-2H3;9-11,14H,5-8H2,1-4H3;7-9,12H,5-6H2,1-4H3;5-7,10H,1-4H3;3,6H,1-2H3;;;;/q4*-1;;;;;;;;. The minimum Gasteiger partial charge on any atom is -0.512 e. The van der Waals surface area contributed by atoms with Crippen molar-refractivity contribution in [2.75, 3.05) is 0 Å². The second kappa shape index (κ2) is 62.0. The molecule has 4 saturated carbocycles. The number of aliphatic hydroxyl groups excluding tert-OH is 4. The normalized spacial score (nSPS) is 14.0. The van der Waals surface area contributed by atoms with Crippen molar-refractivity contribution in [3.05, 3.63) is 308 Å². The van der Waals surface area contributed by atoms with Gasteiger partial charge >= 0.3 is 0 Å². The number of carbonyl (C=O) groups excluding carboxylic acids is 4. The second-order valence-electron chi connectivity index (χ2n) is 40.5. The van der Waals surface area contributed by atoms with Gasteiger partial charge in [-0.25, -0.2) is 0 Å². The summed E-state index contributed by atoms with van der Waals surface area (Å²) < 4.78 is 0. The van der Waals surface area contributed by atoms with Crippen LogP contribution in [0.3, 0.4) is 0 Å². The van der Waals surface area contributed by atoms with E-state index in [0.29, 0.717) is 24.7 Å². The Kier molecular flexibility index (Phi) is 53.8. The van der Waals surface area contributed by atoms with E-state index in [0.717, 1.165) is 116 Å². The van der Waals surface area contributed by atoms with Crippen LogP contribution in [0, 0.1) is 115 Å². The van der Waals surface area contributed by atoms with Crippen molar-refractivity contribution in [2.45, 2.75) is 317 Å². The van der Waals surface area contributed by atoms with Gasteiger partial charge in [-0.05, 0) is 217 Å². The Morgan fingerprint density at radius 3 is 0.803 bits per heavy atom. The number of hydrogen-bond donors (Lipinski definition) is 4. The van der Waals surface area contributed by atoms with Gasteiger partial charge in [0.1, 0.15) is 0 Å². The van der Waals surface area contributed by atoms with Gasteiger partial charge in [0.15, 0.2) is 23.1 Å². The number of ketones is 4. The predicted octanol–water partition coefficient (Wildman–Crippen LogP) is 34.2. The molecule has 4 aliphatic carbocycles. The molecule has 4 aromatic heterocycles. The molecule has 4 aliphatic rings. The van der Waals surface area contributed by atoms with Crippen LogP contribution in [0.5, 0.6) is 0 Å². The van der Waals surface area contributed by atoms with Crippen LogP contribution < -0.4 is 0 Å². The molecule has 4 N–H and O–H groups in total. The molecule has 4 radical (unpaired) electrons. The average Bonchev–Trinajstić information content (AvgIpc) is 0.873. The fraction of sp³-hybridized carbons (Fsp3) is 0.429. The summed E-state index contributed by atoms with van der Waals surface area (Å²) in [6.45, 7) is 43.1. The average molecular weight is 2620 g/mol. The molecule has 16 heteroatoms. The molecule has 0 aliphatic heterocycles. The Morgan fingerprint density at radius 2 is 0.585 bits per heavy atom. The van der Waals surface area contributed by atoms with Gasteiger partial charge in [-0.2, -0.15) is 0 Å². The first kappa shape index (κ1) is 123. The number of pyridine rings is 4. The van der Waals surface area contributed by atoms with Gasteiger partial charge in [0.2, 0.25) is 0 Å². The van der Waals surface area contributed by atoms with Gasteiger partial charge in [0, 0.05) is 141 Å². The van der Waals surface area contributed by atoms with Crippen LogP contribution >= 0.6 is 0 Å². The Morgan fingerprint density at radius 1 is 0.324 bits per heavy atom. The topological polar surface area (TPSA) is 201 Å². The van der Waals surface area contributed by atoms with Crippen molar-refractivity contribution in [2.24, 2.45) is 35.5 Å². The van der Waals surface area contributed by atoms with Crippen LogP contribution in [0.25, 0.3) is 88.6 Å². The summed E-state index contributed by atoms with van der Waals surface area (Å²) in [6.07, 6.45) is 31.4. The van der Waals surface area contributed by atoms with Crippen LogP contribution in [-0.4, -0.2) is 63.5 Å². The van der Waals surface area contributed by atoms with Gasteiger partial charge in [-0.15, -0.1) is 140 Å². The molecule has 0 bridgehead atoms. The van der Waals surface area contributed by atoms with Crippen molar-refractivity contribution in [3.63, 3.8) is 0 Å². The number of aryl methyl sites for hydroxylation is 8. The van der Waals surface area contributed by atoms with E-state index in [9.17, 15) is 34.5 Å². The molecule has 16 rings (SSSR count). The number of rotatable bonds is 24. The van der Waals surface area contributed by atoms with Crippen molar-refractivity contribution in [1.82, 2.24) is 19.9 Å². The summed E-state index contributed by atoms with van der Waals surface area (Å²) in [6, 6.07) is 75.5. The molecular formula is C126H156Ir4N4O8-4. The molecule has 0 unspecified atom stereocenters. The molecular weight excluding hydrogens is 2470 g/mol.